The van der Waals surface area contributed by atoms with Gasteiger partial charge in [0.15, 0.2) is 0 Å². The Morgan fingerprint density at radius 2 is 1.95 bits per heavy atom. The van der Waals surface area contributed by atoms with Crippen LogP contribution in [0, 0.1) is 12.3 Å². The molecule has 0 aliphatic heterocycles. The number of hydrogen-bond acceptors (Lipinski definition) is 3. The smallest absolute Gasteiger partial charge is 0.416 e. The highest BCUT2D eigenvalue weighted by Crippen LogP contribution is 2.32. The number of nitrogens with two attached hydrogens (primary N) is 1. The monoisotopic (exact) mass is 295 g/mol. The number of benzene rings is 1. The van der Waals surface area contributed by atoms with Crippen molar-refractivity contribution >= 4 is 5.84 Å². The molecule has 21 heavy (non-hydrogen) atoms. The van der Waals surface area contributed by atoms with Gasteiger partial charge < -0.3 is 10.5 Å². The van der Waals surface area contributed by atoms with E-state index in [1.165, 1.54) is 18.2 Å². The molecule has 1 aromatic heterocycles. The van der Waals surface area contributed by atoms with Crippen LogP contribution in [0.5, 0.6) is 11.6 Å². The van der Waals surface area contributed by atoms with Crippen LogP contribution in [0.3, 0.4) is 0 Å². The number of hydrogen-bond donors (Lipinski definition) is 2. The zero-order chi connectivity index (χ0) is 15.6. The molecule has 4 nitrogen and oxygen atoms in total. The minimum absolute atomic E-state index is 0.0115. The molecule has 0 unspecified atom stereocenters. The number of aryl methyl sites for hydroxylation is 1. The van der Waals surface area contributed by atoms with Crippen molar-refractivity contribution in [1.29, 1.82) is 5.41 Å². The summed E-state index contributed by atoms with van der Waals surface area (Å²) in [7, 11) is 0. The maximum absolute atomic E-state index is 12.6. The first-order valence-corrected chi connectivity index (χ1v) is 5.94. The quantitative estimate of drug-likeness (QED) is 0.672. The van der Waals surface area contributed by atoms with E-state index in [1.54, 1.807) is 13.0 Å². The maximum atomic E-state index is 12.6. The number of amidine groups is 1. The third-order valence-electron chi connectivity index (χ3n) is 2.62. The summed E-state index contributed by atoms with van der Waals surface area (Å²) in [5.74, 6) is -0.0775. The van der Waals surface area contributed by atoms with Crippen LogP contribution in [0.1, 0.15) is 16.8 Å². The molecular formula is C14H12F3N3O. The summed E-state index contributed by atoms with van der Waals surface area (Å²) in [5, 5.41) is 7.37. The summed E-state index contributed by atoms with van der Waals surface area (Å²) < 4.78 is 43.2. The van der Waals surface area contributed by atoms with Gasteiger partial charge in [-0.05, 0) is 31.2 Å². The van der Waals surface area contributed by atoms with Crippen molar-refractivity contribution in [2.75, 3.05) is 0 Å². The van der Waals surface area contributed by atoms with E-state index in [2.05, 4.69) is 4.98 Å². The predicted octanol–water partition coefficient (Wildman–Crippen LogP) is 3.49. The van der Waals surface area contributed by atoms with E-state index in [4.69, 9.17) is 15.9 Å². The second-order valence-electron chi connectivity index (χ2n) is 4.38. The molecule has 7 heteroatoms. The highest BCUT2D eigenvalue weighted by molar-refractivity contribution is 5.95. The van der Waals surface area contributed by atoms with Gasteiger partial charge in [-0.2, -0.15) is 13.2 Å². The largest absolute Gasteiger partial charge is 0.439 e. The van der Waals surface area contributed by atoms with Crippen LogP contribution in [0.4, 0.5) is 13.2 Å². The van der Waals surface area contributed by atoms with Crippen LogP contribution >= 0.6 is 0 Å². The van der Waals surface area contributed by atoms with Gasteiger partial charge in [0, 0.05) is 17.3 Å². The Balaban J connectivity index is 2.32. The van der Waals surface area contributed by atoms with Gasteiger partial charge in [0.2, 0.25) is 5.88 Å². The van der Waals surface area contributed by atoms with Crippen LogP contribution in [-0.2, 0) is 6.18 Å². The zero-order valence-corrected chi connectivity index (χ0v) is 11.0. The molecule has 0 spiro atoms. The number of nitrogen functional groups attached to an aromatic ring is 1. The van der Waals surface area contributed by atoms with E-state index in [0.29, 0.717) is 11.3 Å². The van der Waals surface area contributed by atoms with Gasteiger partial charge >= 0.3 is 6.18 Å². The molecule has 0 radical (unpaired) electrons. The number of aromatic nitrogens is 1. The van der Waals surface area contributed by atoms with E-state index in [9.17, 15) is 13.2 Å². The Kier molecular flexibility index (Phi) is 3.84. The van der Waals surface area contributed by atoms with Crippen molar-refractivity contribution in [1.82, 2.24) is 4.98 Å². The molecule has 3 N–H and O–H groups in total. The second-order valence-corrected chi connectivity index (χ2v) is 4.38. The first-order valence-electron chi connectivity index (χ1n) is 5.94. The molecule has 2 rings (SSSR count). The van der Waals surface area contributed by atoms with E-state index in [0.717, 1.165) is 12.1 Å². The Bertz CT molecular complexity index is 683. The third-order valence-corrected chi connectivity index (χ3v) is 2.62. The van der Waals surface area contributed by atoms with E-state index >= 15 is 0 Å². The van der Waals surface area contributed by atoms with E-state index in [1.807, 2.05) is 0 Å². The van der Waals surface area contributed by atoms with Crippen molar-refractivity contribution in [3.8, 4) is 11.6 Å². The minimum atomic E-state index is -4.44. The number of halogens is 3. The molecule has 0 fully saturated rings. The Hall–Kier alpha value is -2.57. The fourth-order valence-electron chi connectivity index (χ4n) is 1.70. The van der Waals surface area contributed by atoms with E-state index in [-0.39, 0.29) is 17.5 Å². The SMILES string of the molecule is Cc1cc(C(=N)N)cc(Oc2cccc(C(F)(F)F)c2)n1. The third kappa shape index (κ3) is 3.71. The summed E-state index contributed by atoms with van der Waals surface area (Å²) in [4.78, 5) is 4.05. The molecular weight excluding hydrogens is 283 g/mol. The standard InChI is InChI=1S/C14H12F3N3O/c1-8-5-9(13(18)19)6-12(20-8)21-11-4-2-3-10(7-11)14(15,16)17/h2-7H,1H3,(H3,18,19). The molecule has 0 aliphatic carbocycles. The normalized spacial score (nSPS) is 11.2. The highest BCUT2D eigenvalue weighted by atomic mass is 19.4. The van der Waals surface area contributed by atoms with Gasteiger partial charge in [0.25, 0.3) is 0 Å². The molecule has 0 bridgehead atoms. The van der Waals surface area contributed by atoms with Crippen LogP contribution in [0.25, 0.3) is 0 Å². The van der Waals surface area contributed by atoms with Gasteiger partial charge in [-0.3, -0.25) is 5.41 Å². The molecule has 0 saturated carbocycles. The number of rotatable bonds is 3. The minimum Gasteiger partial charge on any atom is -0.439 e. The van der Waals surface area contributed by atoms with Gasteiger partial charge in [0.05, 0.1) is 5.56 Å². The topological polar surface area (TPSA) is 72.0 Å². The van der Waals surface area contributed by atoms with Crippen LogP contribution in [0.15, 0.2) is 36.4 Å². The predicted molar refractivity (Wildman–Crippen MR) is 71.5 cm³/mol. The molecule has 0 saturated heterocycles. The van der Waals surface area contributed by atoms with Gasteiger partial charge in [-0.25, -0.2) is 4.98 Å². The molecule has 0 aliphatic rings. The second kappa shape index (κ2) is 5.43. The first-order chi connectivity index (χ1) is 9.75. The van der Waals surface area contributed by atoms with Crippen molar-refractivity contribution in [3.63, 3.8) is 0 Å². The highest BCUT2D eigenvalue weighted by Gasteiger charge is 2.30. The molecule has 1 heterocycles. The Morgan fingerprint density at radius 3 is 2.57 bits per heavy atom. The van der Waals surface area contributed by atoms with Crippen molar-refractivity contribution in [2.24, 2.45) is 5.73 Å². The number of pyridine rings is 1. The first kappa shape index (κ1) is 14.8. The molecule has 110 valence electrons. The average molecular weight is 295 g/mol. The van der Waals surface area contributed by atoms with E-state index < -0.39 is 11.7 Å². The Morgan fingerprint density at radius 1 is 1.24 bits per heavy atom. The lowest BCUT2D eigenvalue weighted by Gasteiger charge is -2.10. The lowest BCUT2D eigenvalue weighted by atomic mass is 10.2. The molecule has 2 aromatic rings. The Labute approximate surface area is 118 Å². The van der Waals surface area contributed by atoms with Crippen molar-refractivity contribution in [2.45, 2.75) is 13.1 Å². The fourth-order valence-corrected chi connectivity index (χ4v) is 1.70. The van der Waals surface area contributed by atoms with Gasteiger partial charge in [-0.15, -0.1) is 0 Å². The lowest BCUT2D eigenvalue weighted by Crippen LogP contribution is -2.11. The summed E-state index contributed by atoms with van der Waals surface area (Å²) in [6.45, 7) is 1.67. The maximum Gasteiger partial charge on any atom is 0.416 e. The molecule has 0 amide bonds. The summed E-state index contributed by atoms with van der Waals surface area (Å²) in [6.07, 6.45) is -4.44. The fraction of sp³-hybridized carbons (Fsp3) is 0.143. The van der Waals surface area contributed by atoms with Crippen molar-refractivity contribution < 1.29 is 17.9 Å². The summed E-state index contributed by atoms with van der Waals surface area (Å²) in [6, 6.07) is 7.47. The summed E-state index contributed by atoms with van der Waals surface area (Å²) >= 11 is 0. The number of nitrogens with one attached hydrogen (secondary N) is 1. The van der Waals surface area contributed by atoms with Crippen LogP contribution in [-0.4, -0.2) is 10.8 Å². The van der Waals surface area contributed by atoms with Gasteiger partial charge in [-0.1, -0.05) is 6.07 Å². The molecule has 1 aromatic carbocycles. The van der Waals surface area contributed by atoms with Crippen molar-refractivity contribution in [3.05, 3.63) is 53.2 Å². The zero-order valence-electron chi connectivity index (χ0n) is 11.0. The average Bonchev–Trinajstić information content (AvgIpc) is 2.37. The lowest BCUT2D eigenvalue weighted by molar-refractivity contribution is -0.137. The van der Waals surface area contributed by atoms with Gasteiger partial charge in [0.1, 0.15) is 11.6 Å². The number of ether oxygens (including phenoxy) is 1. The van der Waals surface area contributed by atoms with Crippen LogP contribution in [0.2, 0.25) is 0 Å². The summed E-state index contributed by atoms with van der Waals surface area (Å²) in [5.41, 5.74) is 5.51. The van der Waals surface area contributed by atoms with Crippen LogP contribution < -0.4 is 10.5 Å². The number of alkyl halides is 3. The molecule has 0 atom stereocenters. The number of nitrogens with zero attached hydrogens (tertiary/aromatic N) is 1.